The molecule has 10 nitrogen and oxygen atoms in total. The van der Waals surface area contributed by atoms with Crippen LogP contribution in [0.15, 0.2) is 69.9 Å². The normalized spacial score (nSPS) is 11.0. The minimum Gasteiger partial charge on any atom is -0.508 e. The number of carbonyl (C=O) groups is 3. The van der Waals surface area contributed by atoms with E-state index in [1.807, 2.05) is 18.9 Å². The predicted octanol–water partition coefficient (Wildman–Crippen LogP) is 4.59. The van der Waals surface area contributed by atoms with Crippen LogP contribution in [-0.4, -0.2) is 46.5 Å². The number of nitrogens with one attached hydrogen (secondary N) is 2. The number of amidine groups is 1. The number of hydrogen-bond donors (Lipinski definition) is 5. The molecule has 11 heteroatoms. The van der Waals surface area contributed by atoms with Gasteiger partial charge < -0.3 is 30.5 Å². The molecule has 1 aliphatic heterocycles. The molecule has 1 amide bonds. The number of Topliss-reactive ketones (excluding diaryl/α,β-unsaturated/α-hetero) is 1. The van der Waals surface area contributed by atoms with Gasteiger partial charge in [0.05, 0.1) is 17.8 Å². The number of hydrogen-bond acceptors (Lipinski definition) is 8. The van der Waals surface area contributed by atoms with Crippen LogP contribution in [0.4, 0.5) is 0 Å². The summed E-state index contributed by atoms with van der Waals surface area (Å²) in [4.78, 5) is 41.9. The zero-order valence-electron chi connectivity index (χ0n) is 22.5. The van der Waals surface area contributed by atoms with Gasteiger partial charge in [-0.2, -0.15) is 0 Å². The number of amides is 1. The fourth-order valence-electron chi connectivity index (χ4n) is 4.15. The maximum Gasteiger partial charge on any atom is 0.217 e. The van der Waals surface area contributed by atoms with Crippen molar-refractivity contribution in [2.75, 3.05) is 5.88 Å². The number of phenols is 2. The van der Waals surface area contributed by atoms with Crippen LogP contribution in [-0.2, 0) is 14.4 Å². The number of carbonyl (C=O) groups excluding carboxylic acids is 3. The molecule has 1 unspecified atom stereocenters. The predicted molar refractivity (Wildman–Crippen MR) is 159 cm³/mol. The van der Waals surface area contributed by atoms with Gasteiger partial charge in [0.25, 0.3) is 0 Å². The third-order valence-corrected chi connectivity index (χ3v) is 6.20. The van der Waals surface area contributed by atoms with Crippen molar-refractivity contribution in [2.24, 2.45) is 5.73 Å². The van der Waals surface area contributed by atoms with E-state index < -0.39 is 6.04 Å². The molecule has 1 heterocycles. The first kappa shape index (κ1) is 32.5. The maximum atomic E-state index is 11.6. The molecular formula is C30H32ClN3O7. The van der Waals surface area contributed by atoms with Gasteiger partial charge >= 0.3 is 0 Å². The van der Waals surface area contributed by atoms with E-state index in [9.17, 15) is 24.6 Å². The van der Waals surface area contributed by atoms with Gasteiger partial charge in [0.1, 0.15) is 29.6 Å². The lowest BCUT2D eigenvalue weighted by molar-refractivity contribution is -0.125. The van der Waals surface area contributed by atoms with E-state index in [1.54, 1.807) is 30.3 Å². The Morgan fingerprint density at radius 1 is 1.05 bits per heavy atom. The van der Waals surface area contributed by atoms with Crippen molar-refractivity contribution in [3.63, 3.8) is 0 Å². The molecule has 2 aromatic rings. The third kappa shape index (κ3) is 9.18. The Hall–Kier alpha value is -4.70. The van der Waals surface area contributed by atoms with Gasteiger partial charge in [-0.15, -0.1) is 11.6 Å². The van der Waals surface area contributed by atoms with E-state index in [1.165, 1.54) is 25.1 Å². The quantitative estimate of drug-likeness (QED) is 0.0624. The summed E-state index contributed by atoms with van der Waals surface area (Å²) in [7, 11) is 0. The lowest BCUT2D eigenvalue weighted by Gasteiger charge is -2.15. The first-order valence-corrected chi connectivity index (χ1v) is 13.1. The monoisotopic (exact) mass is 581 g/mol. The number of benzene rings is 3. The van der Waals surface area contributed by atoms with Crippen LogP contribution in [0.25, 0.3) is 33.4 Å². The van der Waals surface area contributed by atoms with Gasteiger partial charge in [0.15, 0.2) is 11.2 Å². The summed E-state index contributed by atoms with van der Waals surface area (Å²) in [6, 6.07) is 15.8. The standard InChI is InChI=1S/C19H12O4.C10H18ClN3O2.CH2O/c20-11-5-7-14-17(9-11)23-18-10-12(21)6-8-15(18)19(14)13-3-1-2-4-16(13)22;1-7(15)14-8(9(16)6-11)4-2-3-5-10(12)13;1-2/h1-10,20,22H;8H,2-6H2,1H3,(H3,12,13)(H,14,15);1H2. The van der Waals surface area contributed by atoms with E-state index in [0.717, 1.165) is 29.4 Å². The molecule has 216 valence electrons. The Balaban J connectivity index is 0.000000290. The molecule has 1 aliphatic carbocycles. The topological polar surface area (TPSA) is 184 Å². The number of unbranched alkanes of at least 4 members (excludes halogenated alkanes) is 1. The Kier molecular flexibility index (Phi) is 12.5. The number of phenolic OH excluding ortho intramolecular Hbond substituents is 2. The summed E-state index contributed by atoms with van der Waals surface area (Å²) in [6.07, 6.45) is 2.52. The summed E-state index contributed by atoms with van der Waals surface area (Å²) in [6.45, 7) is 3.37. The first-order chi connectivity index (χ1) is 19.6. The summed E-state index contributed by atoms with van der Waals surface area (Å²) in [5.41, 5.74) is 7.62. The van der Waals surface area contributed by atoms with Crippen molar-refractivity contribution in [3.05, 3.63) is 70.9 Å². The van der Waals surface area contributed by atoms with Crippen LogP contribution in [0.1, 0.15) is 32.6 Å². The number of aromatic hydroxyl groups is 2. The molecule has 4 rings (SSSR count). The zero-order valence-corrected chi connectivity index (χ0v) is 23.2. The minimum absolute atomic E-state index is 0.0714. The maximum absolute atomic E-state index is 11.6. The number of ketones is 1. The third-order valence-electron chi connectivity index (χ3n) is 5.94. The van der Waals surface area contributed by atoms with Crippen LogP contribution in [0.3, 0.4) is 0 Å². The number of rotatable bonds is 9. The number of halogens is 1. The molecule has 0 saturated heterocycles. The van der Waals surface area contributed by atoms with Gasteiger partial charge in [0, 0.05) is 47.6 Å². The Morgan fingerprint density at radius 2 is 1.76 bits per heavy atom. The molecule has 0 aromatic heterocycles. The van der Waals surface area contributed by atoms with Gasteiger partial charge in [-0.05, 0) is 43.2 Å². The largest absolute Gasteiger partial charge is 0.508 e. The average molecular weight is 582 g/mol. The van der Waals surface area contributed by atoms with Crippen molar-refractivity contribution in [1.82, 2.24) is 5.32 Å². The summed E-state index contributed by atoms with van der Waals surface area (Å²) >= 11 is 5.44. The van der Waals surface area contributed by atoms with E-state index in [0.29, 0.717) is 29.7 Å². The molecule has 2 aliphatic rings. The fraction of sp³-hybridized carbons (Fsp3) is 0.233. The molecule has 0 radical (unpaired) electrons. The molecule has 0 bridgehead atoms. The number of para-hydroxylation sites is 1. The Morgan fingerprint density at radius 3 is 2.39 bits per heavy atom. The van der Waals surface area contributed by atoms with Crippen LogP contribution >= 0.6 is 11.6 Å². The fourth-order valence-corrected chi connectivity index (χ4v) is 4.34. The van der Waals surface area contributed by atoms with Crippen LogP contribution < -0.4 is 16.5 Å². The van der Waals surface area contributed by atoms with Crippen molar-refractivity contribution < 1.29 is 29.0 Å². The number of nitrogens with two attached hydrogens (primary N) is 1. The Labute approximate surface area is 241 Å². The van der Waals surface area contributed by atoms with E-state index in [4.69, 9.17) is 32.0 Å². The molecule has 2 aromatic carbocycles. The van der Waals surface area contributed by atoms with Crippen LogP contribution in [0.5, 0.6) is 11.5 Å². The van der Waals surface area contributed by atoms with Crippen LogP contribution in [0.2, 0.25) is 0 Å². The number of fused-ring (bicyclic) bond motifs is 2. The van der Waals surface area contributed by atoms with Gasteiger partial charge in [0.2, 0.25) is 5.91 Å². The van der Waals surface area contributed by atoms with Crippen molar-refractivity contribution in [1.29, 1.82) is 5.41 Å². The second kappa shape index (κ2) is 15.8. The molecule has 0 spiro atoms. The molecule has 6 N–H and O–H groups in total. The van der Waals surface area contributed by atoms with Gasteiger partial charge in [-0.1, -0.05) is 24.6 Å². The van der Waals surface area contributed by atoms with E-state index in [2.05, 4.69) is 5.32 Å². The highest BCUT2D eigenvalue weighted by Crippen LogP contribution is 2.43. The molecular weight excluding hydrogens is 550 g/mol. The molecule has 0 saturated carbocycles. The van der Waals surface area contributed by atoms with Gasteiger partial charge in [-0.25, -0.2) is 0 Å². The average Bonchev–Trinajstić information content (AvgIpc) is 2.94. The lowest BCUT2D eigenvalue weighted by atomic mass is 9.93. The van der Waals surface area contributed by atoms with E-state index in [-0.39, 0.29) is 40.3 Å². The smallest absolute Gasteiger partial charge is 0.217 e. The highest BCUT2D eigenvalue weighted by atomic mass is 35.5. The first-order valence-electron chi connectivity index (χ1n) is 12.6. The van der Waals surface area contributed by atoms with E-state index >= 15 is 0 Å². The van der Waals surface area contributed by atoms with Crippen molar-refractivity contribution in [2.45, 2.75) is 38.6 Å². The minimum atomic E-state index is -0.512. The highest BCUT2D eigenvalue weighted by Gasteiger charge is 2.19. The molecule has 1 atom stereocenters. The summed E-state index contributed by atoms with van der Waals surface area (Å²) < 4.78 is 5.77. The summed E-state index contributed by atoms with van der Waals surface area (Å²) in [5.74, 6) is 0.239. The molecule has 41 heavy (non-hydrogen) atoms. The number of alkyl halides is 1. The Bertz CT molecular complexity index is 1540. The highest BCUT2D eigenvalue weighted by molar-refractivity contribution is 6.28. The van der Waals surface area contributed by atoms with Crippen molar-refractivity contribution >= 4 is 46.9 Å². The second-order valence-corrected chi connectivity index (χ2v) is 9.22. The SMILES string of the molecule is C=O.CC(=O)NC(CCCCC(=N)N)C(=O)CCl.O=c1ccc2c(-c3ccccc3O)c3ccc(O)cc3oc-2c1. The van der Waals surface area contributed by atoms with Crippen LogP contribution in [0, 0.1) is 5.41 Å². The zero-order chi connectivity index (χ0) is 30.5. The summed E-state index contributed by atoms with van der Waals surface area (Å²) in [5, 5.41) is 30.3. The van der Waals surface area contributed by atoms with Gasteiger partial charge in [-0.3, -0.25) is 19.8 Å². The molecule has 0 fully saturated rings. The second-order valence-electron chi connectivity index (χ2n) is 8.96. The lowest BCUT2D eigenvalue weighted by Crippen LogP contribution is -2.40. The van der Waals surface area contributed by atoms with Crippen molar-refractivity contribution in [3.8, 4) is 33.9 Å².